The van der Waals surface area contributed by atoms with Gasteiger partial charge in [0, 0.05) is 6.54 Å². The predicted octanol–water partition coefficient (Wildman–Crippen LogP) is 3.38. The van der Waals surface area contributed by atoms with E-state index in [1.165, 1.54) is 19.3 Å². The normalized spacial score (nSPS) is 15.8. The lowest BCUT2D eigenvalue weighted by molar-refractivity contribution is 0.134. The number of nitrogens with zero attached hydrogens (tertiary/aromatic N) is 1. The van der Waals surface area contributed by atoms with Crippen LogP contribution in [-0.4, -0.2) is 6.54 Å². The lowest BCUT2D eigenvalue weighted by Crippen LogP contribution is -2.35. The molecule has 1 saturated carbocycles. The van der Waals surface area contributed by atoms with Gasteiger partial charge in [-0.3, -0.25) is 0 Å². The van der Waals surface area contributed by atoms with E-state index >= 15 is 0 Å². The van der Waals surface area contributed by atoms with Crippen LogP contribution in [0.4, 0.5) is 11.4 Å². The third-order valence-corrected chi connectivity index (χ3v) is 4.13. The third kappa shape index (κ3) is 2.59. The van der Waals surface area contributed by atoms with Crippen molar-refractivity contribution < 1.29 is 0 Å². The first-order valence-electron chi connectivity index (χ1n) is 6.56. The molecule has 96 valence electrons. The highest BCUT2D eigenvalue weighted by Crippen LogP contribution is 2.41. The second-order valence-corrected chi connectivity index (χ2v) is 5.88. The lowest BCUT2D eigenvalue weighted by Gasteiger charge is -2.40. The van der Waals surface area contributed by atoms with E-state index in [-0.39, 0.29) is 0 Å². The van der Waals surface area contributed by atoms with Crippen LogP contribution >= 0.6 is 0 Å². The van der Waals surface area contributed by atoms with Gasteiger partial charge in [-0.25, -0.2) is 0 Å². The van der Waals surface area contributed by atoms with Crippen molar-refractivity contribution >= 4 is 11.4 Å². The highest BCUT2D eigenvalue weighted by Gasteiger charge is 2.33. The molecular formula is C15H21N3. The molecule has 1 aliphatic rings. The Labute approximate surface area is 109 Å². The number of hydrogen-bond acceptors (Lipinski definition) is 3. The van der Waals surface area contributed by atoms with Crippen LogP contribution in [0.15, 0.2) is 18.2 Å². The van der Waals surface area contributed by atoms with Gasteiger partial charge in [0.15, 0.2) is 0 Å². The van der Waals surface area contributed by atoms with Crippen LogP contribution < -0.4 is 11.1 Å². The minimum atomic E-state index is 0.304. The van der Waals surface area contributed by atoms with Crippen LogP contribution in [0.1, 0.15) is 38.7 Å². The summed E-state index contributed by atoms with van der Waals surface area (Å²) in [6.45, 7) is 5.54. The van der Waals surface area contributed by atoms with Gasteiger partial charge in [-0.05, 0) is 42.4 Å². The van der Waals surface area contributed by atoms with Gasteiger partial charge in [-0.1, -0.05) is 20.3 Å². The average Bonchev–Trinajstić information content (AvgIpc) is 2.24. The number of benzene rings is 1. The Morgan fingerprint density at radius 2 is 2.17 bits per heavy atom. The van der Waals surface area contributed by atoms with Gasteiger partial charge in [-0.2, -0.15) is 5.26 Å². The minimum Gasteiger partial charge on any atom is -0.397 e. The van der Waals surface area contributed by atoms with Crippen LogP contribution in [0, 0.1) is 22.7 Å². The second-order valence-electron chi connectivity index (χ2n) is 5.88. The number of nitrogen functional groups attached to an aromatic ring is 1. The van der Waals surface area contributed by atoms with E-state index in [0.29, 0.717) is 16.7 Å². The molecule has 3 N–H and O–H groups in total. The van der Waals surface area contributed by atoms with Crippen molar-refractivity contribution in [3.63, 3.8) is 0 Å². The highest BCUT2D eigenvalue weighted by molar-refractivity contribution is 5.68. The summed E-state index contributed by atoms with van der Waals surface area (Å²) in [5, 5.41) is 12.2. The molecule has 0 aliphatic heterocycles. The average molecular weight is 243 g/mol. The van der Waals surface area contributed by atoms with E-state index in [1.54, 1.807) is 12.1 Å². The molecule has 0 aromatic heterocycles. The summed E-state index contributed by atoms with van der Waals surface area (Å²) in [6.07, 6.45) is 4.06. The molecule has 18 heavy (non-hydrogen) atoms. The molecule has 3 heteroatoms. The Hall–Kier alpha value is -1.69. The van der Waals surface area contributed by atoms with Gasteiger partial charge < -0.3 is 11.1 Å². The van der Waals surface area contributed by atoms with Gasteiger partial charge in [-0.15, -0.1) is 0 Å². The van der Waals surface area contributed by atoms with E-state index in [0.717, 1.165) is 18.2 Å². The molecule has 1 fully saturated rings. The quantitative estimate of drug-likeness (QED) is 0.797. The maximum Gasteiger partial charge on any atom is 0.0992 e. The van der Waals surface area contributed by atoms with Gasteiger partial charge >= 0.3 is 0 Å². The van der Waals surface area contributed by atoms with Crippen LogP contribution in [0.2, 0.25) is 0 Å². The lowest BCUT2D eigenvalue weighted by atomic mass is 9.67. The van der Waals surface area contributed by atoms with Crippen LogP contribution in [0.3, 0.4) is 0 Å². The van der Waals surface area contributed by atoms with Crippen molar-refractivity contribution in [1.82, 2.24) is 0 Å². The van der Waals surface area contributed by atoms with E-state index < -0.39 is 0 Å². The Morgan fingerprint density at radius 1 is 1.44 bits per heavy atom. The Kier molecular flexibility index (Phi) is 3.47. The maximum absolute atomic E-state index is 8.80. The molecule has 1 aliphatic carbocycles. The largest absolute Gasteiger partial charge is 0.397 e. The standard InChI is InChI=1S/C15H21N3/c1-15(2,12-4-3-5-12)10-18-14-7-6-11(9-16)8-13(14)17/h6-8,12,18H,3-5,10,17H2,1-2H3. The number of nitriles is 1. The fraction of sp³-hybridized carbons (Fsp3) is 0.533. The van der Waals surface area contributed by atoms with E-state index in [2.05, 4.69) is 25.2 Å². The molecule has 2 rings (SSSR count). The molecule has 1 aromatic carbocycles. The molecule has 0 spiro atoms. The van der Waals surface area contributed by atoms with E-state index in [1.807, 2.05) is 6.07 Å². The zero-order valence-corrected chi connectivity index (χ0v) is 11.2. The zero-order chi connectivity index (χ0) is 13.2. The first kappa shape index (κ1) is 12.8. The summed E-state index contributed by atoms with van der Waals surface area (Å²) in [5.41, 5.74) is 8.43. The SMILES string of the molecule is CC(C)(CNc1ccc(C#N)cc1N)C1CCC1. The predicted molar refractivity (Wildman–Crippen MR) is 75.2 cm³/mol. The molecule has 0 atom stereocenters. The first-order valence-corrected chi connectivity index (χ1v) is 6.56. The zero-order valence-electron chi connectivity index (χ0n) is 11.2. The minimum absolute atomic E-state index is 0.304. The molecular weight excluding hydrogens is 222 g/mol. The molecule has 0 bridgehead atoms. The monoisotopic (exact) mass is 243 g/mol. The van der Waals surface area contributed by atoms with Crippen molar-refractivity contribution in [1.29, 1.82) is 5.26 Å². The number of rotatable bonds is 4. The second kappa shape index (κ2) is 4.89. The van der Waals surface area contributed by atoms with Gasteiger partial charge in [0.1, 0.15) is 0 Å². The molecule has 0 saturated heterocycles. The van der Waals surface area contributed by atoms with E-state index in [9.17, 15) is 0 Å². The maximum atomic E-state index is 8.80. The highest BCUT2D eigenvalue weighted by atomic mass is 14.9. The van der Waals surface area contributed by atoms with Crippen LogP contribution in [0.25, 0.3) is 0 Å². The van der Waals surface area contributed by atoms with Crippen LogP contribution in [-0.2, 0) is 0 Å². The fourth-order valence-corrected chi connectivity index (χ4v) is 2.45. The third-order valence-electron chi connectivity index (χ3n) is 4.13. The molecule has 0 heterocycles. The van der Waals surface area contributed by atoms with Crippen molar-refractivity contribution in [3.8, 4) is 6.07 Å². The summed E-state index contributed by atoms with van der Waals surface area (Å²) >= 11 is 0. The number of nitrogens with two attached hydrogens (primary N) is 1. The van der Waals surface area contributed by atoms with Crippen molar-refractivity contribution in [2.75, 3.05) is 17.6 Å². The van der Waals surface area contributed by atoms with Gasteiger partial charge in [0.05, 0.1) is 23.0 Å². The Bertz CT molecular complexity index is 467. The van der Waals surface area contributed by atoms with Crippen molar-refractivity contribution in [3.05, 3.63) is 23.8 Å². The molecule has 3 nitrogen and oxygen atoms in total. The summed E-state index contributed by atoms with van der Waals surface area (Å²) in [7, 11) is 0. The first-order chi connectivity index (χ1) is 8.53. The van der Waals surface area contributed by atoms with Gasteiger partial charge in [0.2, 0.25) is 0 Å². The summed E-state index contributed by atoms with van der Waals surface area (Å²) in [4.78, 5) is 0. The molecule has 0 radical (unpaired) electrons. The summed E-state index contributed by atoms with van der Waals surface area (Å²) < 4.78 is 0. The number of nitrogens with one attached hydrogen (secondary N) is 1. The van der Waals surface area contributed by atoms with Crippen LogP contribution in [0.5, 0.6) is 0 Å². The summed E-state index contributed by atoms with van der Waals surface area (Å²) in [6, 6.07) is 7.51. The topological polar surface area (TPSA) is 61.8 Å². The molecule has 1 aromatic rings. The molecule has 0 unspecified atom stereocenters. The van der Waals surface area contributed by atoms with Crippen molar-refractivity contribution in [2.45, 2.75) is 33.1 Å². The van der Waals surface area contributed by atoms with E-state index in [4.69, 9.17) is 11.0 Å². The number of anilines is 2. The summed E-state index contributed by atoms with van der Waals surface area (Å²) in [5.74, 6) is 0.824. The Morgan fingerprint density at radius 3 is 2.67 bits per heavy atom. The smallest absolute Gasteiger partial charge is 0.0992 e. The van der Waals surface area contributed by atoms with Gasteiger partial charge in [0.25, 0.3) is 0 Å². The fourth-order valence-electron chi connectivity index (χ4n) is 2.45. The molecule has 0 amide bonds. The Balaban J connectivity index is 1.99. The number of hydrogen-bond donors (Lipinski definition) is 2. The van der Waals surface area contributed by atoms with Crippen molar-refractivity contribution in [2.24, 2.45) is 11.3 Å².